The molecule has 0 aromatic rings. The van der Waals surface area contributed by atoms with Gasteiger partial charge in [-0.1, -0.05) is 25.8 Å². The van der Waals surface area contributed by atoms with Gasteiger partial charge in [0.2, 0.25) is 0 Å². The molecule has 0 amide bonds. The summed E-state index contributed by atoms with van der Waals surface area (Å²) in [7, 11) is 0. The monoisotopic (exact) mass is 170 g/mol. The van der Waals surface area contributed by atoms with Crippen LogP contribution in [0.15, 0.2) is 12.2 Å². The predicted molar refractivity (Wildman–Crippen MR) is 54.6 cm³/mol. The zero-order chi connectivity index (χ0) is 9.56. The molecule has 0 aliphatic carbocycles. The number of hydrogen-bond acceptors (Lipinski definition) is 2. The summed E-state index contributed by atoms with van der Waals surface area (Å²) in [4.78, 5) is 0. The van der Waals surface area contributed by atoms with Gasteiger partial charge >= 0.3 is 0 Å². The number of hydrogen-bond donors (Lipinski definition) is 2. The first kappa shape index (κ1) is 11.7. The second-order valence-corrected chi connectivity index (χ2v) is 3.77. The molecule has 0 saturated carbocycles. The first-order valence-corrected chi connectivity index (χ1v) is 4.70. The Morgan fingerprint density at radius 2 is 2.17 bits per heavy atom. The number of nitrogens with one attached hydrogen (secondary N) is 1. The van der Waals surface area contributed by atoms with E-state index in [2.05, 4.69) is 25.9 Å². The van der Waals surface area contributed by atoms with Crippen LogP contribution in [-0.4, -0.2) is 6.04 Å². The van der Waals surface area contributed by atoms with Crippen LogP contribution in [0.1, 0.15) is 40.0 Å². The van der Waals surface area contributed by atoms with Gasteiger partial charge in [-0.2, -0.15) is 0 Å². The third kappa shape index (κ3) is 5.33. The van der Waals surface area contributed by atoms with Crippen molar-refractivity contribution in [1.29, 1.82) is 0 Å². The highest BCUT2D eigenvalue weighted by Gasteiger charge is 2.09. The summed E-state index contributed by atoms with van der Waals surface area (Å²) < 4.78 is 0. The van der Waals surface area contributed by atoms with Crippen LogP contribution in [0.25, 0.3) is 0 Å². The molecule has 0 heterocycles. The minimum atomic E-state index is 0.400. The average Bonchev–Trinajstić information content (AvgIpc) is 2.02. The molecule has 12 heavy (non-hydrogen) atoms. The van der Waals surface area contributed by atoms with Crippen LogP contribution in [-0.2, 0) is 0 Å². The molecule has 0 rings (SSSR count). The van der Waals surface area contributed by atoms with Crippen LogP contribution in [0.4, 0.5) is 0 Å². The van der Waals surface area contributed by atoms with Crippen molar-refractivity contribution in [2.75, 3.05) is 0 Å². The molecule has 0 fully saturated rings. The zero-order valence-corrected chi connectivity index (χ0v) is 8.56. The van der Waals surface area contributed by atoms with Gasteiger partial charge in [0.1, 0.15) is 0 Å². The summed E-state index contributed by atoms with van der Waals surface area (Å²) >= 11 is 0. The SMILES string of the molecule is C=C(C)CC(CC(C)CC)NN. The van der Waals surface area contributed by atoms with E-state index < -0.39 is 0 Å². The van der Waals surface area contributed by atoms with E-state index in [0.29, 0.717) is 6.04 Å². The fraction of sp³-hybridized carbons (Fsp3) is 0.800. The summed E-state index contributed by atoms with van der Waals surface area (Å²) in [5.41, 5.74) is 4.03. The van der Waals surface area contributed by atoms with Gasteiger partial charge < -0.3 is 0 Å². The average molecular weight is 170 g/mol. The largest absolute Gasteiger partial charge is 0.271 e. The van der Waals surface area contributed by atoms with Crippen LogP contribution >= 0.6 is 0 Å². The van der Waals surface area contributed by atoms with E-state index in [1.165, 1.54) is 12.0 Å². The fourth-order valence-corrected chi connectivity index (χ4v) is 1.28. The second-order valence-electron chi connectivity index (χ2n) is 3.77. The summed E-state index contributed by atoms with van der Waals surface area (Å²) in [5, 5.41) is 0. The topological polar surface area (TPSA) is 38.0 Å². The Bertz CT molecular complexity index is 132. The Labute approximate surface area is 76.2 Å². The van der Waals surface area contributed by atoms with Gasteiger partial charge in [0.15, 0.2) is 0 Å². The highest BCUT2D eigenvalue weighted by molar-refractivity contribution is 4.92. The van der Waals surface area contributed by atoms with E-state index in [9.17, 15) is 0 Å². The Kier molecular flexibility index (Phi) is 6.03. The standard InChI is InChI=1S/C10H22N2/c1-5-9(4)7-10(12-11)6-8(2)3/h9-10,12H,2,5-7,11H2,1,3-4H3. The molecule has 0 aliphatic heterocycles. The maximum Gasteiger partial charge on any atom is 0.0250 e. The third-order valence-electron chi connectivity index (χ3n) is 2.21. The molecule has 0 saturated heterocycles. The maximum absolute atomic E-state index is 5.43. The fourth-order valence-electron chi connectivity index (χ4n) is 1.28. The van der Waals surface area contributed by atoms with Crippen LogP contribution < -0.4 is 11.3 Å². The van der Waals surface area contributed by atoms with Crippen molar-refractivity contribution >= 4 is 0 Å². The van der Waals surface area contributed by atoms with Gasteiger partial charge in [-0.3, -0.25) is 11.3 Å². The smallest absolute Gasteiger partial charge is 0.0250 e. The van der Waals surface area contributed by atoms with E-state index in [0.717, 1.165) is 18.8 Å². The molecule has 0 radical (unpaired) electrons. The quantitative estimate of drug-likeness (QED) is 0.364. The molecule has 2 nitrogen and oxygen atoms in total. The molecule has 72 valence electrons. The highest BCUT2D eigenvalue weighted by atomic mass is 15.2. The second kappa shape index (κ2) is 6.21. The van der Waals surface area contributed by atoms with Gasteiger partial charge in [0, 0.05) is 6.04 Å². The molecular formula is C10H22N2. The molecule has 3 N–H and O–H groups in total. The molecule has 0 aromatic carbocycles. The van der Waals surface area contributed by atoms with Gasteiger partial charge in [0.25, 0.3) is 0 Å². The van der Waals surface area contributed by atoms with Crippen molar-refractivity contribution in [3.8, 4) is 0 Å². The predicted octanol–water partition coefficient (Wildman–Crippen LogP) is 2.22. The Balaban J connectivity index is 3.74. The van der Waals surface area contributed by atoms with Crippen molar-refractivity contribution in [1.82, 2.24) is 5.43 Å². The summed E-state index contributed by atoms with van der Waals surface area (Å²) in [6.45, 7) is 10.4. The van der Waals surface area contributed by atoms with E-state index in [1.54, 1.807) is 0 Å². The summed E-state index contributed by atoms with van der Waals surface area (Å²) in [5.74, 6) is 6.17. The molecule has 0 spiro atoms. The molecule has 2 unspecified atom stereocenters. The van der Waals surface area contributed by atoms with Gasteiger partial charge in [0.05, 0.1) is 0 Å². The van der Waals surface area contributed by atoms with Crippen molar-refractivity contribution in [2.45, 2.75) is 46.1 Å². The maximum atomic E-state index is 5.43. The molecule has 0 aromatic heterocycles. The first-order valence-electron chi connectivity index (χ1n) is 4.70. The number of nitrogens with two attached hydrogens (primary N) is 1. The Morgan fingerprint density at radius 1 is 1.58 bits per heavy atom. The molecule has 0 bridgehead atoms. The van der Waals surface area contributed by atoms with Gasteiger partial charge in [-0.05, 0) is 25.7 Å². The minimum Gasteiger partial charge on any atom is -0.271 e. The lowest BCUT2D eigenvalue weighted by Gasteiger charge is -2.19. The lowest BCUT2D eigenvalue weighted by molar-refractivity contribution is 0.396. The molecular weight excluding hydrogens is 148 g/mol. The van der Waals surface area contributed by atoms with Crippen LogP contribution in [0, 0.1) is 5.92 Å². The lowest BCUT2D eigenvalue weighted by atomic mass is 9.96. The van der Waals surface area contributed by atoms with E-state index >= 15 is 0 Å². The van der Waals surface area contributed by atoms with E-state index in [-0.39, 0.29) is 0 Å². The molecule has 2 atom stereocenters. The molecule has 0 aliphatic rings. The summed E-state index contributed by atoms with van der Waals surface area (Å²) in [6.07, 6.45) is 3.34. The highest BCUT2D eigenvalue weighted by Crippen LogP contribution is 2.13. The van der Waals surface area contributed by atoms with Crippen molar-refractivity contribution in [2.24, 2.45) is 11.8 Å². The van der Waals surface area contributed by atoms with Crippen molar-refractivity contribution in [3.63, 3.8) is 0 Å². The van der Waals surface area contributed by atoms with Crippen LogP contribution in [0.2, 0.25) is 0 Å². The zero-order valence-electron chi connectivity index (χ0n) is 8.56. The summed E-state index contributed by atoms with van der Waals surface area (Å²) in [6, 6.07) is 0.400. The number of rotatable bonds is 6. The van der Waals surface area contributed by atoms with Crippen LogP contribution in [0.5, 0.6) is 0 Å². The normalized spacial score (nSPS) is 15.7. The Hall–Kier alpha value is -0.340. The number of hydrazine groups is 1. The van der Waals surface area contributed by atoms with Crippen LogP contribution in [0.3, 0.4) is 0 Å². The van der Waals surface area contributed by atoms with E-state index in [1.807, 2.05) is 6.92 Å². The van der Waals surface area contributed by atoms with E-state index in [4.69, 9.17) is 5.84 Å². The Morgan fingerprint density at radius 3 is 2.50 bits per heavy atom. The van der Waals surface area contributed by atoms with Crippen molar-refractivity contribution < 1.29 is 0 Å². The first-order chi connectivity index (χ1) is 5.60. The van der Waals surface area contributed by atoms with Crippen molar-refractivity contribution in [3.05, 3.63) is 12.2 Å². The lowest BCUT2D eigenvalue weighted by Crippen LogP contribution is -2.36. The minimum absolute atomic E-state index is 0.400. The van der Waals surface area contributed by atoms with Gasteiger partial charge in [-0.25, -0.2) is 0 Å². The van der Waals surface area contributed by atoms with Gasteiger partial charge in [-0.15, -0.1) is 6.58 Å². The molecule has 2 heteroatoms. The third-order valence-corrected chi connectivity index (χ3v) is 2.21.